The van der Waals surface area contributed by atoms with Crippen molar-refractivity contribution in [2.75, 3.05) is 0 Å². The van der Waals surface area contributed by atoms with E-state index in [-0.39, 0.29) is 5.78 Å². The number of rotatable bonds is 2. The lowest BCUT2D eigenvalue weighted by atomic mass is 10.1. The average molecular weight is 293 g/mol. The van der Waals surface area contributed by atoms with Gasteiger partial charge in [-0.1, -0.05) is 15.9 Å². The Morgan fingerprint density at radius 2 is 2.00 bits per heavy atom. The first-order chi connectivity index (χ1) is 7.99. The standard InChI is InChI=1S/C13H13BrN2O/c1-8-6-9(2)16(15-8)13-7-11(14)4-5-12(13)10(3)17/h4-7H,1-3H3. The largest absolute Gasteiger partial charge is 0.294 e. The average Bonchev–Trinajstić information content (AvgIpc) is 2.57. The van der Waals surface area contributed by atoms with E-state index >= 15 is 0 Å². The van der Waals surface area contributed by atoms with Crippen LogP contribution in [0.2, 0.25) is 0 Å². The highest BCUT2D eigenvalue weighted by Gasteiger charge is 2.12. The fourth-order valence-electron chi connectivity index (χ4n) is 1.85. The summed E-state index contributed by atoms with van der Waals surface area (Å²) in [5.74, 6) is 0.0417. The van der Waals surface area contributed by atoms with E-state index in [1.165, 1.54) is 0 Å². The zero-order valence-electron chi connectivity index (χ0n) is 9.99. The van der Waals surface area contributed by atoms with E-state index in [1.807, 2.05) is 38.1 Å². The Morgan fingerprint density at radius 3 is 2.53 bits per heavy atom. The van der Waals surface area contributed by atoms with Gasteiger partial charge in [0.2, 0.25) is 0 Å². The molecule has 0 aliphatic carbocycles. The molecule has 2 aromatic rings. The molecular formula is C13H13BrN2O. The number of carbonyl (C=O) groups is 1. The molecule has 0 fully saturated rings. The minimum Gasteiger partial charge on any atom is -0.294 e. The number of aromatic nitrogens is 2. The highest BCUT2D eigenvalue weighted by Crippen LogP contribution is 2.22. The quantitative estimate of drug-likeness (QED) is 0.795. The van der Waals surface area contributed by atoms with E-state index in [2.05, 4.69) is 21.0 Å². The third-order valence-corrected chi connectivity index (χ3v) is 3.07. The molecule has 1 heterocycles. The number of ketones is 1. The van der Waals surface area contributed by atoms with Crippen molar-refractivity contribution in [2.24, 2.45) is 0 Å². The van der Waals surface area contributed by atoms with Gasteiger partial charge < -0.3 is 0 Å². The van der Waals surface area contributed by atoms with Crippen LogP contribution in [0.4, 0.5) is 0 Å². The van der Waals surface area contributed by atoms with Crippen molar-refractivity contribution in [3.63, 3.8) is 0 Å². The van der Waals surface area contributed by atoms with Crippen molar-refractivity contribution < 1.29 is 4.79 Å². The van der Waals surface area contributed by atoms with Gasteiger partial charge in [0.25, 0.3) is 0 Å². The summed E-state index contributed by atoms with van der Waals surface area (Å²) in [7, 11) is 0. The molecule has 0 bridgehead atoms. The van der Waals surface area contributed by atoms with Gasteiger partial charge in [-0.2, -0.15) is 5.10 Å². The molecule has 4 heteroatoms. The molecular weight excluding hydrogens is 280 g/mol. The van der Waals surface area contributed by atoms with Gasteiger partial charge in [0.1, 0.15) is 0 Å². The molecule has 1 aromatic carbocycles. The molecule has 0 aliphatic rings. The molecule has 0 N–H and O–H groups in total. The molecule has 0 saturated carbocycles. The monoisotopic (exact) mass is 292 g/mol. The van der Waals surface area contributed by atoms with E-state index in [1.54, 1.807) is 11.6 Å². The van der Waals surface area contributed by atoms with E-state index in [0.29, 0.717) is 5.56 Å². The normalized spacial score (nSPS) is 10.6. The number of hydrogen-bond acceptors (Lipinski definition) is 2. The molecule has 3 nitrogen and oxygen atoms in total. The lowest BCUT2D eigenvalue weighted by Gasteiger charge is -2.09. The second kappa shape index (κ2) is 4.45. The molecule has 0 amide bonds. The molecule has 17 heavy (non-hydrogen) atoms. The first-order valence-corrected chi connectivity index (χ1v) is 6.12. The summed E-state index contributed by atoms with van der Waals surface area (Å²) >= 11 is 3.42. The molecule has 0 unspecified atom stereocenters. The number of halogens is 1. The predicted octanol–water partition coefficient (Wildman–Crippen LogP) is 3.45. The van der Waals surface area contributed by atoms with Crippen LogP contribution < -0.4 is 0 Å². The van der Waals surface area contributed by atoms with Gasteiger partial charge in [0.05, 0.1) is 11.4 Å². The van der Waals surface area contributed by atoms with Gasteiger partial charge in [0.15, 0.2) is 5.78 Å². The van der Waals surface area contributed by atoms with Crippen LogP contribution in [0, 0.1) is 13.8 Å². The Kier molecular flexibility index (Phi) is 3.15. The maximum atomic E-state index is 11.6. The summed E-state index contributed by atoms with van der Waals surface area (Å²) in [6.07, 6.45) is 0. The van der Waals surface area contributed by atoms with E-state index in [9.17, 15) is 4.79 Å². The fraction of sp³-hybridized carbons (Fsp3) is 0.231. The number of Topliss-reactive ketones (excluding diaryl/α,β-unsaturated/α-hetero) is 1. The van der Waals surface area contributed by atoms with Crippen LogP contribution in [-0.4, -0.2) is 15.6 Å². The Bertz CT molecular complexity index is 587. The van der Waals surface area contributed by atoms with Crippen LogP contribution in [0.15, 0.2) is 28.7 Å². The second-order valence-electron chi connectivity index (χ2n) is 4.06. The topological polar surface area (TPSA) is 34.9 Å². The number of aryl methyl sites for hydroxylation is 2. The number of carbonyl (C=O) groups excluding carboxylic acids is 1. The van der Waals surface area contributed by atoms with Gasteiger partial charge in [-0.15, -0.1) is 0 Å². The molecule has 0 spiro atoms. The maximum Gasteiger partial charge on any atom is 0.161 e. The van der Waals surface area contributed by atoms with E-state index in [0.717, 1.165) is 21.5 Å². The Balaban J connectivity index is 2.69. The second-order valence-corrected chi connectivity index (χ2v) is 4.97. The van der Waals surface area contributed by atoms with Crippen LogP contribution in [0.5, 0.6) is 0 Å². The van der Waals surface area contributed by atoms with Gasteiger partial charge in [-0.3, -0.25) is 4.79 Å². The SMILES string of the molecule is CC(=O)c1ccc(Br)cc1-n1nc(C)cc1C. The van der Waals surface area contributed by atoms with E-state index < -0.39 is 0 Å². The minimum atomic E-state index is 0.0417. The van der Waals surface area contributed by atoms with Crippen LogP contribution in [0.3, 0.4) is 0 Å². The van der Waals surface area contributed by atoms with Gasteiger partial charge in [-0.05, 0) is 45.0 Å². The summed E-state index contributed by atoms with van der Waals surface area (Å²) in [5, 5.41) is 4.41. The van der Waals surface area contributed by atoms with Crippen LogP contribution in [0.25, 0.3) is 5.69 Å². The zero-order valence-corrected chi connectivity index (χ0v) is 11.6. The molecule has 0 radical (unpaired) electrons. The van der Waals surface area contributed by atoms with E-state index in [4.69, 9.17) is 0 Å². The number of nitrogens with zero attached hydrogens (tertiary/aromatic N) is 2. The molecule has 2 rings (SSSR count). The number of benzene rings is 1. The Labute approximate surface area is 109 Å². The minimum absolute atomic E-state index is 0.0417. The van der Waals surface area contributed by atoms with Crippen molar-refractivity contribution in [3.8, 4) is 5.69 Å². The highest BCUT2D eigenvalue weighted by molar-refractivity contribution is 9.10. The molecule has 0 saturated heterocycles. The predicted molar refractivity (Wildman–Crippen MR) is 70.7 cm³/mol. The lowest BCUT2D eigenvalue weighted by Crippen LogP contribution is -2.06. The number of hydrogen-bond donors (Lipinski definition) is 0. The summed E-state index contributed by atoms with van der Waals surface area (Å²) in [5.41, 5.74) is 3.46. The summed E-state index contributed by atoms with van der Waals surface area (Å²) in [4.78, 5) is 11.6. The van der Waals surface area contributed by atoms with Gasteiger partial charge >= 0.3 is 0 Å². The highest BCUT2D eigenvalue weighted by atomic mass is 79.9. The van der Waals surface area contributed by atoms with Crippen LogP contribution in [-0.2, 0) is 0 Å². The molecule has 1 aromatic heterocycles. The summed E-state index contributed by atoms with van der Waals surface area (Å²) in [6, 6.07) is 7.59. The van der Waals surface area contributed by atoms with Crippen LogP contribution in [0.1, 0.15) is 28.7 Å². The van der Waals surface area contributed by atoms with Crippen molar-refractivity contribution in [1.29, 1.82) is 0 Å². The van der Waals surface area contributed by atoms with Crippen LogP contribution >= 0.6 is 15.9 Å². The third-order valence-electron chi connectivity index (χ3n) is 2.58. The molecule has 88 valence electrons. The Hall–Kier alpha value is -1.42. The van der Waals surface area contributed by atoms with Crippen molar-refractivity contribution in [3.05, 3.63) is 45.7 Å². The van der Waals surface area contributed by atoms with Crippen molar-refractivity contribution in [2.45, 2.75) is 20.8 Å². The van der Waals surface area contributed by atoms with Crippen molar-refractivity contribution in [1.82, 2.24) is 9.78 Å². The summed E-state index contributed by atoms with van der Waals surface area (Å²) in [6.45, 7) is 5.48. The molecule has 0 aliphatic heterocycles. The van der Waals surface area contributed by atoms with Crippen molar-refractivity contribution >= 4 is 21.7 Å². The first kappa shape index (κ1) is 12.0. The summed E-state index contributed by atoms with van der Waals surface area (Å²) < 4.78 is 2.74. The van der Waals surface area contributed by atoms with Gasteiger partial charge in [0, 0.05) is 15.7 Å². The smallest absolute Gasteiger partial charge is 0.161 e. The third kappa shape index (κ3) is 2.31. The zero-order chi connectivity index (χ0) is 12.6. The lowest BCUT2D eigenvalue weighted by molar-refractivity contribution is 0.101. The maximum absolute atomic E-state index is 11.6. The van der Waals surface area contributed by atoms with Gasteiger partial charge in [-0.25, -0.2) is 4.68 Å². The first-order valence-electron chi connectivity index (χ1n) is 5.33. The fourth-order valence-corrected chi connectivity index (χ4v) is 2.20. The Morgan fingerprint density at radius 1 is 1.29 bits per heavy atom. The molecule has 0 atom stereocenters.